The highest BCUT2D eigenvalue weighted by molar-refractivity contribution is 5.90. The number of aryl methyl sites for hydroxylation is 1. The van der Waals surface area contributed by atoms with E-state index in [1.54, 1.807) is 7.11 Å². The van der Waals surface area contributed by atoms with Crippen LogP contribution in [0.5, 0.6) is 0 Å². The monoisotopic (exact) mass is 612 g/mol. The average molecular weight is 613 g/mol. The maximum absolute atomic E-state index is 12.5. The molecule has 0 atom stereocenters. The summed E-state index contributed by atoms with van der Waals surface area (Å²) in [6.45, 7) is 4.82. The number of amides is 1. The first-order chi connectivity index (χ1) is 19.6. The highest BCUT2D eigenvalue weighted by Crippen LogP contribution is 2.41. The van der Waals surface area contributed by atoms with E-state index in [2.05, 4.69) is 31.5 Å². The van der Waals surface area contributed by atoms with E-state index in [4.69, 9.17) is 24.5 Å². The maximum Gasteiger partial charge on any atom is 0.490 e. The van der Waals surface area contributed by atoms with Gasteiger partial charge in [-0.2, -0.15) is 26.3 Å². The topological polar surface area (TPSA) is 160 Å². The number of aliphatic carboxylic acids is 2. The molecule has 0 aromatic carbocycles. The summed E-state index contributed by atoms with van der Waals surface area (Å²) < 4.78 is 70.5. The van der Waals surface area contributed by atoms with Gasteiger partial charge in [0, 0.05) is 39.4 Å². The Kier molecular flexibility index (Phi) is 12.2. The molecule has 1 saturated heterocycles. The van der Waals surface area contributed by atoms with Crippen LogP contribution in [0.15, 0.2) is 24.4 Å². The minimum absolute atomic E-state index is 0.166. The van der Waals surface area contributed by atoms with Crippen molar-refractivity contribution in [3.05, 3.63) is 41.7 Å². The number of piperidine rings is 1. The lowest BCUT2D eigenvalue weighted by Crippen LogP contribution is -2.45. The fraction of sp³-hybridized carbons (Fsp3) is 0.583. The number of carboxylic acids is 2. The van der Waals surface area contributed by atoms with Gasteiger partial charge in [0.05, 0.1) is 12.3 Å². The second-order valence-corrected chi connectivity index (χ2v) is 9.48. The first kappa shape index (κ1) is 34.4. The normalized spacial score (nSPS) is 16.3. The number of pyridine rings is 1. The number of halogens is 6. The van der Waals surface area contributed by atoms with Crippen molar-refractivity contribution in [2.24, 2.45) is 5.41 Å². The van der Waals surface area contributed by atoms with Crippen molar-refractivity contribution in [1.29, 1.82) is 0 Å². The summed E-state index contributed by atoms with van der Waals surface area (Å²) in [5.74, 6) is -4.32. The minimum atomic E-state index is -5.08. The number of nitrogens with one attached hydrogen (secondary N) is 1. The van der Waals surface area contributed by atoms with Crippen molar-refractivity contribution in [3.63, 3.8) is 0 Å². The summed E-state index contributed by atoms with van der Waals surface area (Å²) in [4.78, 5) is 37.2. The van der Waals surface area contributed by atoms with Crippen LogP contribution in [-0.4, -0.2) is 98.4 Å². The first-order valence-electron chi connectivity index (χ1n) is 12.5. The van der Waals surface area contributed by atoms with Crippen molar-refractivity contribution >= 4 is 17.8 Å². The smallest absolute Gasteiger partial charge is 0.475 e. The molecule has 2 aliphatic heterocycles. The van der Waals surface area contributed by atoms with E-state index in [1.807, 2.05) is 22.9 Å². The molecule has 234 valence electrons. The molecule has 12 nitrogen and oxygen atoms in total. The molecule has 3 N–H and O–H groups in total. The van der Waals surface area contributed by atoms with Crippen molar-refractivity contribution < 1.29 is 55.7 Å². The largest absolute Gasteiger partial charge is 0.490 e. The van der Waals surface area contributed by atoms with Gasteiger partial charge in [-0.1, -0.05) is 6.07 Å². The molecular weight excluding hydrogens is 582 g/mol. The number of carboxylic acid groups (broad SMARTS) is 2. The van der Waals surface area contributed by atoms with Gasteiger partial charge in [-0.3, -0.25) is 14.7 Å². The molecule has 0 radical (unpaired) electrons. The maximum atomic E-state index is 12.5. The van der Waals surface area contributed by atoms with E-state index in [0.29, 0.717) is 19.0 Å². The number of carbonyl (C=O) groups is 3. The average Bonchev–Trinajstić information content (AvgIpc) is 3.33. The fourth-order valence-electron chi connectivity index (χ4n) is 4.31. The number of aromatic nitrogens is 4. The standard InChI is InChI=1S/C20H28N6O2.2C2HF3O2/c1-28-13-10-22-19(27)18-24-23-17-5-6-20(15-26(17)18)7-11-25(12-8-20)14-16-4-2-3-9-21-16;2*3-2(4,5)1(6)7/h2-4,9H,5-8,10-15H2,1H3,(H,22,27);2*(H,6,7). The molecule has 4 rings (SSSR count). The molecule has 2 aliphatic rings. The lowest BCUT2D eigenvalue weighted by atomic mass is 9.73. The fourth-order valence-corrected chi connectivity index (χ4v) is 4.31. The van der Waals surface area contributed by atoms with Crippen LogP contribution in [0.4, 0.5) is 26.3 Å². The van der Waals surface area contributed by atoms with E-state index in [9.17, 15) is 31.1 Å². The van der Waals surface area contributed by atoms with Gasteiger partial charge in [0.2, 0.25) is 5.82 Å². The number of rotatable bonds is 6. The number of likely N-dealkylation sites (tertiary alicyclic amines) is 1. The Morgan fingerprint density at radius 3 is 2.10 bits per heavy atom. The van der Waals surface area contributed by atoms with Crippen molar-refractivity contribution in [3.8, 4) is 0 Å². The van der Waals surface area contributed by atoms with Gasteiger partial charge in [-0.05, 0) is 49.9 Å². The highest BCUT2D eigenvalue weighted by Gasteiger charge is 2.40. The van der Waals surface area contributed by atoms with E-state index in [1.165, 1.54) is 0 Å². The lowest BCUT2D eigenvalue weighted by Gasteiger charge is -2.44. The Morgan fingerprint density at radius 1 is 1.00 bits per heavy atom. The van der Waals surface area contributed by atoms with Crippen LogP contribution in [0.3, 0.4) is 0 Å². The molecule has 1 fully saturated rings. The Hall–Kier alpha value is -3.80. The van der Waals surface area contributed by atoms with Crippen LogP contribution in [0, 0.1) is 5.41 Å². The van der Waals surface area contributed by atoms with Crippen LogP contribution < -0.4 is 5.32 Å². The van der Waals surface area contributed by atoms with Crippen LogP contribution >= 0.6 is 0 Å². The van der Waals surface area contributed by atoms with Gasteiger partial charge < -0.3 is 24.8 Å². The Bertz CT molecular complexity index is 1160. The third kappa shape index (κ3) is 10.6. The lowest BCUT2D eigenvalue weighted by molar-refractivity contribution is -0.193. The summed E-state index contributed by atoms with van der Waals surface area (Å²) >= 11 is 0. The summed E-state index contributed by atoms with van der Waals surface area (Å²) in [5, 5.41) is 25.5. The summed E-state index contributed by atoms with van der Waals surface area (Å²) in [5.41, 5.74) is 1.36. The van der Waals surface area contributed by atoms with E-state index >= 15 is 0 Å². The Morgan fingerprint density at radius 2 is 1.60 bits per heavy atom. The van der Waals surface area contributed by atoms with Crippen LogP contribution in [0.1, 0.15) is 41.4 Å². The summed E-state index contributed by atoms with van der Waals surface area (Å²) in [7, 11) is 1.62. The summed E-state index contributed by atoms with van der Waals surface area (Å²) in [6, 6.07) is 6.08. The van der Waals surface area contributed by atoms with Crippen molar-refractivity contribution in [2.45, 2.75) is 51.1 Å². The molecule has 2 aromatic heterocycles. The van der Waals surface area contributed by atoms with Gasteiger partial charge in [-0.25, -0.2) is 9.59 Å². The molecule has 18 heteroatoms. The zero-order valence-electron chi connectivity index (χ0n) is 22.4. The zero-order chi connectivity index (χ0) is 31.6. The van der Waals surface area contributed by atoms with Crippen molar-refractivity contribution in [2.75, 3.05) is 33.4 Å². The van der Waals surface area contributed by atoms with Crippen LogP contribution in [-0.2, 0) is 33.8 Å². The third-order valence-corrected chi connectivity index (χ3v) is 6.51. The van der Waals surface area contributed by atoms with Gasteiger partial charge >= 0.3 is 24.3 Å². The van der Waals surface area contributed by atoms with Crippen LogP contribution in [0.2, 0.25) is 0 Å². The molecule has 0 unspecified atom stereocenters. The highest BCUT2D eigenvalue weighted by atomic mass is 19.4. The number of ether oxygens (including phenoxy) is 1. The van der Waals surface area contributed by atoms with Gasteiger partial charge in [0.15, 0.2) is 0 Å². The van der Waals surface area contributed by atoms with Gasteiger partial charge in [0.25, 0.3) is 5.91 Å². The van der Waals surface area contributed by atoms with Crippen molar-refractivity contribution in [1.82, 2.24) is 30.0 Å². The number of hydrogen-bond donors (Lipinski definition) is 3. The second kappa shape index (κ2) is 14.9. The van der Waals surface area contributed by atoms with E-state index in [0.717, 1.165) is 63.4 Å². The number of fused-ring (bicyclic) bond motifs is 1. The first-order valence-corrected chi connectivity index (χ1v) is 12.5. The third-order valence-electron chi connectivity index (χ3n) is 6.51. The SMILES string of the molecule is COCCNC(=O)c1nnc2n1CC1(CC2)CCN(Cc2ccccn2)CC1.O=C(O)C(F)(F)F.O=C(O)C(F)(F)F. The number of alkyl halides is 6. The second-order valence-electron chi connectivity index (χ2n) is 9.48. The predicted octanol–water partition coefficient (Wildman–Crippen LogP) is 2.54. The van der Waals surface area contributed by atoms with E-state index in [-0.39, 0.29) is 11.3 Å². The molecule has 0 bridgehead atoms. The minimum Gasteiger partial charge on any atom is -0.475 e. The Labute approximate surface area is 235 Å². The zero-order valence-corrected chi connectivity index (χ0v) is 22.4. The molecule has 42 heavy (non-hydrogen) atoms. The van der Waals surface area contributed by atoms with Gasteiger partial charge in [-0.15, -0.1) is 10.2 Å². The molecule has 1 amide bonds. The molecule has 0 saturated carbocycles. The molecule has 0 aliphatic carbocycles. The van der Waals surface area contributed by atoms with E-state index < -0.39 is 24.3 Å². The predicted molar refractivity (Wildman–Crippen MR) is 131 cm³/mol. The number of nitrogens with zero attached hydrogens (tertiary/aromatic N) is 5. The quantitative estimate of drug-likeness (QED) is 0.327. The molecule has 2 aromatic rings. The summed E-state index contributed by atoms with van der Waals surface area (Å²) in [6.07, 6.45) is -4.05. The Balaban J connectivity index is 0.000000367. The number of hydrogen-bond acceptors (Lipinski definition) is 8. The number of methoxy groups -OCH3 is 1. The van der Waals surface area contributed by atoms with Gasteiger partial charge in [0.1, 0.15) is 5.82 Å². The van der Waals surface area contributed by atoms with Crippen LogP contribution in [0.25, 0.3) is 0 Å². The molecule has 1 spiro atoms. The molecule has 4 heterocycles. The molecular formula is C24H30F6N6O6. The number of carbonyl (C=O) groups excluding carboxylic acids is 1.